The number of halogens is 1. The molecular formula is C21H27ClN6O6. The van der Waals surface area contributed by atoms with Crippen LogP contribution in [0.1, 0.15) is 23.8 Å². The molecule has 0 saturated carbocycles. The van der Waals surface area contributed by atoms with E-state index in [9.17, 15) is 20.1 Å². The molecule has 4 rings (SSSR count). The van der Waals surface area contributed by atoms with E-state index in [4.69, 9.17) is 15.6 Å². The third-order valence-corrected chi connectivity index (χ3v) is 5.59. The number of imidazole rings is 1. The van der Waals surface area contributed by atoms with Gasteiger partial charge in [-0.3, -0.25) is 9.36 Å². The zero-order chi connectivity index (χ0) is 23.5. The van der Waals surface area contributed by atoms with Gasteiger partial charge in [0.2, 0.25) is 5.95 Å². The van der Waals surface area contributed by atoms with Crippen molar-refractivity contribution < 1.29 is 30.0 Å². The lowest BCUT2D eigenvalue weighted by Gasteiger charge is -2.16. The van der Waals surface area contributed by atoms with Crippen molar-refractivity contribution in [2.45, 2.75) is 43.8 Å². The fourth-order valence-corrected chi connectivity index (χ4v) is 3.76. The molecule has 1 aromatic carbocycles. The molecule has 12 nitrogen and oxygen atoms in total. The van der Waals surface area contributed by atoms with Crippen molar-refractivity contribution in [3.8, 4) is 0 Å². The molecule has 0 unspecified atom stereocenters. The minimum atomic E-state index is -1.27. The van der Waals surface area contributed by atoms with Crippen molar-refractivity contribution in [2.24, 2.45) is 0 Å². The summed E-state index contributed by atoms with van der Waals surface area (Å²) in [4.78, 5) is 23.5. The predicted octanol–water partition coefficient (Wildman–Crippen LogP) is 0.114. The number of aliphatic carboxylic acids is 1. The molecule has 3 heterocycles. The number of aromatic nitrogens is 4. The highest BCUT2D eigenvalue weighted by molar-refractivity contribution is 5.85. The Balaban J connectivity index is 0.00000324. The first-order chi connectivity index (χ1) is 15.9. The molecule has 0 spiro atoms. The molecule has 1 fully saturated rings. The summed E-state index contributed by atoms with van der Waals surface area (Å²) in [5, 5.41) is 41.6. The second-order valence-corrected chi connectivity index (χ2v) is 7.87. The van der Waals surface area contributed by atoms with Gasteiger partial charge in [0.25, 0.3) is 0 Å². The molecule has 184 valence electrons. The SMILES string of the molecule is Cl.Nc1nc(NCCc2ccc(CCC(=O)O)cc2)nc2c1ncn2[C@@H]1O[C@H](CO)[C@@H](O)[C@H]1O. The van der Waals surface area contributed by atoms with Crippen molar-refractivity contribution in [3.05, 3.63) is 41.7 Å². The van der Waals surface area contributed by atoms with Crippen LogP contribution in [0.2, 0.25) is 0 Å². The van der Waals surface area contributed by atoms with E-state index >= 15 is 0 Å². The van der Waals surface area contributed by atoms with Crippen LogP contribution in [0, 0.1) is 0 Å². The number of nitrogens with two attached hydrogens (primary N) is 1. The number of aliphatic hydroxyl groups is 3. The summed E-state index contributed by atoms with van der Waals surface area (Å²) in [5.74, 6) is -0.401. The summed E-state index contributed by atoms with van der Waals surface area (Å²) in [7, 11) is 0. The van der Waals surface area contributed by atoms with Crippen LogP contribution in [-0.2, 0) is 22.4 Å². The Morgan fingerprint density at radius 3 is 2.41 bits per heavy atom. The van der Waals surface area contributed by atoms with Crippen LogP contribution in [0.3, 0.4) is 0 Å². The van der Waals surface area contributed by atoms with Gasteiger partial charge in [-0.1, -0.05) is 24.3 Å². The van der Waals surface area contributed by atoms with Crippen LogP contribution >= 0.6 is 12.4 Å². The summed E-state index contributed by atoms with van der Waals surface area (Å²) in [6.07, 6.45) is -1.76. The van der Waals surface area contributed by atoms with Crippen molar-refractivity contribution in [1.82, 2.24) is 19.5 Å². The van der Waals surface area contributed by atoms with E-state index in [1.807, 2.05) is 24.3 Å². The standard InChI is InChI=1S/C21H26N6O6.ClH/c22-18-15-19(27(10-24-15)20-17(32)16(31)13(9-28)33-20)26-21(25-18)23-8-7-12-3-1-11(2-4-12)5-6-14(29)30;/h1-4,10,13,16-17,20,28,31-32H,5-9H2,(H,29,30)(H3,22,23,25,26);1H/t13-,16-,17-,20-;/m1./s1. The third-order valence-electron chi connectivity index (χ3n) is 5.59. The number of carbonyl (C=O) groups is 1. The molecule has 0 amide bonds. The van der Waals surface area contributed by atoms with Gasteiger partial charge < -0.3 is 36.2 Å². The second kappa shape index (κ2) is 10.9. The molecule has 3 aromatic rings. The predicted molar refractivity (Wildman–Crippen MR) is 125 cm³/mol. The number of hydrogen-bond donors (Lipinski definition) is 6. The first kappa shape index (κ1) is 25.6. The zero-order valence-corrected chi connectivity index (χ0v) is 18.9. The minimum Gasteiger partial charge on any atom is -0.481 e. The van der Waals surface area contributed by atoms with Crippen LogP contribution in [0.4, 0.5) is 11.8 Å². The van der Waals surface area contributed by atoms with Gasteiger partial charge in [0.15, 0.2) is 17.7 Å². The van der Waals surface area contributed by atoms with E-state index in [1.165, 1.54) is 10.9 Å². The van der Waals surface area contributed by atoms with Gasteiger partial charge in [-0.15, -0.1) is 12.4 Å². The molecule has 0 bridgehead atoms. The molecule has 4 atom stereocenters. The maximum atomic E-state index is 10.7. The van der Waals surface area contributed by atoms with E-state index in [1.54, 1.807) is 0 Å². The van der Waals surface area contributed by atoms with Crippen molar-refractivity contribution in [2.75, 3.05) is 24.2 Å². The summed E-state index contributed by atoms with van der Waals surface area (Å²) >= 11 is 0. The number of nitrogen functional groups attached to an aromatic ring is 1. The largest absolute Gasteiger partial charge is 0.481 e. The number of carboxylic acids is 1. The van der Waals surface area contributed by atoms with E-state index in [0.717, 1.165) is 11.1 Å². The zero-order valence-electron chi connectivity index (χ0n) is 18.1. The molecule has 0 aliphatic carbocycles. The lowest BCUT2D eigenvalue weighted by Crippen LogP contribution is -2.33. The number of fused-ring (bicyclic) bond motifs is 1. The van der Waals surface area contributed by atoms with E-state index < -0.39 is 37.1 Å². The third kappa shape index (κ3) is 5.37. The molecule has 1 aliphatic rings. The Morgan fingerprint density at radius 2 is 1.79 bits per heavy atom. The highest BCUT2D eigenvalue weighted by Crippen LogP contribution is 2.32. The molecular weight excluding hydrogens is 468 g/mol. The van der Waals surface area contributed by atoms with Crippen molar-refractivity contribution in [1.29, 1.82) is 0 Å². The van der Waals surface area contributed by atoms with Crippen LogP contribution in [0.5, 0.6) is 0 Å². The average Bonchev–Trinajstić information content (AvgIpc) is 3.34. The van der Waals surface area contributed by atoms with Gasteiger partial charge >= 0.3 is 5.97 Å². The normalized spacial score (nSPS) is 22.0. The molecule has 2 aromatic heterocycles. The fraction of sp³-hybridized carbons (Fsp3) is 0.429. The molecule has 34 heavy (non-hydrogen) atoms. The number of nitrogens with zero attached hydrogens (tertiary/aromatic N) is 4. The molecule has 13 heteroatoms. The smallest absolute Gasteiger partial charge is 0.303 e. The average molecular weight is 495 g/mol. The van der Waals surface area contributed by atoms with Crippen molar-refractivity contribution in [3.63, 3.8) is 0 Å². The summed E-state index contributed by atoms with van der Waals surface area (Å²) in [6, 6.07) is 7.73. The number of aryl methyl sites for hydroxylation is 1. The van der Waals surface area contributed by atoms with Crippen LogP contribution in [0.25, 0.3) is 11.2 Å². The molecule has 1 aliphatic heterocycles. The van der Waals surface area contributed by atoms with E-state index in [-0.39, 0.29) is 30.6 Å². The number of nitrogens with one attached hydrogen (secondary N) is 1. The maximum absolute atomic E-state index is 10.7. The minimum absolute atomic E-state index is 0. The first-order valence-corrected chi connectivity index (χ1v) is 10.5. The molecule has 1 saturated heterocycles. The Morgan fingerprint density at radius 1 is 1.12 bits per heavy atom. The lowest BCUT2D eigenvalue weighted by atomic mass is 10.1. The number of ether oxygens (including phenoxy) is 1. The number of aliphatic hydroxyl groups excluding tert-OH is 3. The van der Waals surface area contributed by atoms with Crippen LogP contribution < -0.4 is 11.1 Å². The van der Waals surface area contributed by atoms with Gasteiger partial charge in [0.1, 0.15) is 23.8 Å². The highest BCUT2D eigenvalue weighted by Gasteiger charge is 2.44. The number of carboxylic acid groups (broad SMARTS) is 1. The fourth-order valence-electron chi connectivity index (χ4n) is 3.76. The van der Waals surface area contributed by atoms with E-state index in [2.05, 4.69) is 20.3 Å². The van der Waals surface area contributed by atoms with Gasteiger partial charge in [-0.05, 0) is 24.0 Å². The second-order valence-electron chi connectivity index (χ2n) is 7.87. The van der Waals surface area contributed by atoms with Crippen LogP contribution in [-0.4, -0.2) is 77.4 Å². The first-order valence-electron chi connectivity index (χ1n) is 10.5. The Hall–Kier alpha value is -3.03. The maximum Gasteiger partial charge on any atom is 0.303 e. The topological polar surface area (TPSA) is 189 Å². The Bertz CT molecular complexity index is 1130. The Labute approximate surface area is 200 Å². The summed E-state index contributed by atoms with van der Waals surface area (Å²) < 4.78 is 7.02. The highest BCUT2D eigenvalue weighted by atomic mass is 35.5. The quantitative estimate of drug-likeness (QED) is 0.237. The Kier molecular flexibility index (Phi) is 8.23. The summed E-state index contributed by atoms with van der Waals surface area (Å²) in [5.41, 5.74) is 8.71. The lowest BCUT2D eigenvalue weighted by molar-refractivity contribution is -0.136. The molecule has 0 radical (unpaired) electrons. The van der Waals surface area contributed by atoms with Gasteiger partial charge in [0.05, 0.1) is 12.9 Å². The number of anilines is 2. The molecule has 7 N–H and O–H groups in total. The monoisotopic (exact) mass is 494 g/mol. The van der Waals surface area contributed by atoms with Gasteiger partial charge in [-0.2, -0.15) is 9.97 Å². The summed E-state index contributed by atoms with van der Waals surface area (Å²) in [6.45, 7) is 0.0766. The van der Waals surface area contributed by atoms with Gasteiger partial charge in [0, 0.05) is 13.0 Å². The van der Waals surface area contributed by atoms with Crippen molar-refractivity contribution >= 4 is 41.3 Å². The van der Waals surface area contributed by atoms with Gasteiger partial charge in [-0.25, -0.2) is 4.98 Å². The number of rotatable bonds is 9. The van der Waals surface area contributed by atoms with Crippen LogP contribution in [0.15, 0.2) is 30.6 Å². The number of hydrogen-bond acceptors (Lipinski definition) is 10. The number of benzene rings is 1. The van der Waals surface area contributed by atoms with E-state index in [0.29, 0.717) is 30.6 Å².